The first kappa shape index (κ1) is 16.9. The van der Waals surface area contributed by atoms with Gasteiger partial charge >= 0.3 is 5.97 Å². The van der Waals surface area contributed by atoms with Crippen LogP contribution in [0.2, 0.25) is 0 Å². The molecule has 24 heavy (non-hydrogen) atoms. The number of hydrogen-bond acceptors (Lipinski definition) is 4. The molecule has 2 aliphatic rings. The average molecular weight is 352 g/mol. The molecule has 2 aliphatic heterocycles. The maximum atomic E-state index is 12.7. The van der Waals surface area contributed by atoms with Gasteiger partial charge in [-0.15, -0.1) is 0 Å². The van der Waals surface area contributed by atoms with Crippen LogP contribution in [0.3, 0.4) is 0 Å². The second-order valence-corrected chi connectivity index (χ2v) is 8.56. The summed E-state index contributed by atoms with van der Waals surface area (Å²) in [6, 6.07) is 8.82. The Hall–Kier alpha value is -1.93. The number of amides is 1. The monoisotopic (exact) mass is 352 g/mol. The van der Waals surface area contributed by atoms with Gasteiger partial charge < -0.3 is 10.0 Å². The third-order valence-corrected chi connectivity index (χ3v) is 6.80. The molecule has 0 aromatic heterocycles. The number of likely N-dealkylation sites (tertiary alicyclic amines) is 1. The fourth-order valence-electron chi connectivity index (χ4n) is 3.65. The fraction of sp³-hybridized carbons (Fsp3) is 0.500. The highest BCUT2D eigenvalue weighted by molar-refractivity contribution is 7.88. The van der Waals surface area contributed by atoms with E-state index in [2.05, 4.69) is 0 Å². The zero-order chi connectivity index (χ0) is 17.5. The first-order valence-corrected chi connectivity index (χ1v) is 9.36. The molecule has 0 bridgehead atoms. The molecule has 2 saturated heterocycles. The second kappa shape index (κ2) is 5.86. The van der Waals surface area contributed by atoms with Gasteiger partial charge in [0.25, 0.3) is 0 Å². The maximum absolute atomic E-state index is 12.7. The molecule has 1 aromatic carbocycles. The smallest absolute Gasteiger partial charge is 0.313 e. The van der Waals surface area contributed by atoms with Crippen molar-refractivity contribution in [2.75, 3.05) is 26.2 Å². The second-order valence-electron chi connectivity index (χ2n) is 6.59. The average Bonchev–Trinajstić information content (AvgIpc) is 3.03. The highest BCUT2D eigenvalue weighted by atomic mass is 32.2. The maximum Gasteiger partial charge on any atom is 0.313 e. The van der Waals surface area contributed by atoms with Crippen molar-refractivity contribution < 1.29 is 23.1 Å². The molecule has 1 N–H and O–H groups in total. The molecule has 1 amide bonds. The summed E-state index contributed by atoms with van der Waals surface area (Å²) in [6.07, 6.45) is 0. The van der Waals surface area contributed by atoms with Crippen molar-refractivity contribution in [2.24, 2.45) is 11.3 Å². The molecule has 130 valence electrons. The van der Waals surface area contributed by atoms with Gasteiger partial charge in [-0.05, 0) is 5.56 Å². The van der Waals surface area contributed by atoms with Gasteiger partial charge in [0.1, 0.15) is 5.41 Å². The Kier molecular flexibility index (Phi) is 4.13. The van der Waals surface area contributed by atoms with Crippen LogP contribution in [0, 0.1) is 11.3 Å². The number of rotatable bonds is 4. The van der Waals surface area contributed by atoms with Crippen LogP contribution < -0.4 is 0 Å². The number of carboxylic acid groups (broad SMARTS) is 1. The first-order valence-electron chi connectivity index (χ1n) is 7.75. The van der Waals surface area contributed by atoms with Gasteiger partial charge in [0.15, 0.2) is 0 Å². The number of sulfonamides is 1. The predicted octanol–water partition coefficient (Wildman–Crippen LogP) is 0.381. The van der Waals surface area contributed by atoms with E-state index in [4.69, 9.17) is 0 Å². The van der Waals surface area contributed by atoms with E-state index < -0.39 is 21.4 Å². The van der Waals surface area contributed by atoms with Gasteiger partial charge in [0, 0.05) is 39.0 Å². The van der Waals surface area contributed by atoms with Crippen molar-refractivity contribution in [3.63, 3.8) is 0 Å². The molecule has 7 nitrogen and oxygen atoms in total. The van der Waals surface area contributed by atoms with Gasteiger partial charge in [0.05, 0.1) is 5.75 Å². The predicted molar refractivity (Wildman–Crippen MR) is 86.5 cm³/mol. The minimum atomic E-state index is -3.60. The molecule has 0 unspecified atom stereocenters. The lowest BCUT2D eigenvalue weighted by Gasteiger charge is -2.24. The van der Waals surface area contributed by atoms with Gasteiger partial charge in [-0.1, -0.05) is 30.3 Å². The van der Waals surface area contributed by atoms with Gasteiger partial charge in [-0.25, -0.2) is 12.7 Å². The zero-order valence-corrected chi connectivity index (χ0v) is 14.2. The Morgan fingerprint density at radius 3 is 2.42 bits per heavy atom. The van der Waals surface area contributed by atoms with Crippen molar-refractivity contribution >= 4 is 21.9 Å². The van der Waals surface area contributed by atoms with E-state index in [1.54, 1.807) is 24.3 Å². The van der Waals surface area contributed by atoms with Crippen molar-refractivity contribution in [1.29, 1.82) is 0 Å². The molecule has 2 heterocycles. The summed E-state index contributed by atoms with van der Waals surface area (Å²) in [7, 11) is -3.60. The van der Waals surface area contributed by atoms with Crippen molar-refractivity contribution in [3.8, 4) is 0 Å². The van der Waals surface area contributed by atoms with E-state index in [9.17, 15) is 23.1 Å². The third kappa shape index (κ3) is 2.80. The van der Waals surface area contributed by atoms with Gasteiger partial charge in [-0.2, -0.15) is 0 Å². The largest absolute Gasteiger partial charge is 0.481 e. The number of carbonyl (C=O) groups is 2. The number of hydrogen-bond donors (Lipinski definition) is 1. The molecule has 2 atom stereocenters. The summed E-state index contributed by atoms with van der Waals surface area (Å²) < 4.78 is 26.6. The highest BCUT2D eigenvalue weighted by Crippen LogP contribution is 2.44. The Bertz CT molecular complexity index is 764. The van der Waals surface area contributed by atoms with Crippen LogP contribution in [-0.2, 0) is 25.4 Å². The van der Waals surface area contributed by atoms with Crippen LogP contribution in [0.25, 0.3) is 0 Å². The number of nitrogens with zero attached hydrogens (tertiary/aromatic N) is 2. The summed E-state index contributed by atoms with van der Waals surface area (Å²) in [5.74, 6) is -1.73. The van der Waals surface area contributed by atoms with E-state index in [-0.39, 0.29) is 37.2 Å². The topological polar surface area (TPSA) is 95.0 Å². The summed E-state index contributed by atoms with van der Waals surface area (Å²) in [6.45, 7) is 1.83. The number of carbonyl (C=O) groups excluding carboxylic acids is 1. The van der Waals surface area contributed by atoms with Crippen LogP contribution in [-0.4, -0.2) is 60.8 Å². The van der Waals surface area contributed by atoms with Crippen molar-refractivity contribution in [1.82, 2.24) is 9.21 Å². The molecule has 2 fully saturated rings. The number of fused-ring (bicyclic) bond motifs is 1. The zero-order valence-electron chi connectivity index (χ0n) is 13.4. The Balaban J connectivity index is 1.81. The van der Waals surface area contributed by atoms with E-state index >= 15 is 0 Å². The number of aliphatic carboxylic acids is 1. The van der Waals surface area contributed by atoms with Crippen molar-refractivity contribution in [2.45, 2.75) is 12.7 Å². The minimum absolute atomic E-state index is 0.0691. The molecule has 8 heteroatoms. The minimum Gasteiger partial charge on any atom is -0.481 e. The summed E-state index contributed by atoms with van der Waals surface area (Å²) >= 11 is 0. The molecule has 0 spiro atoms. The molecule has 1 aromatic rings. The quantitative estimate of drug-likeness (QED) is 0.845. The Labute approximate surface area is 140 Å². The van der Waals surface area contributed by atoms with Gasteiger partial charge in [0.2, 0.25) is 15.9 Å². The van der Waals surface area contributed by atoms with Crippen LogP contribution in [0.5, 0.6) is 0 Å². The fourth-order valence-corrected chi connectivity index (χ4v) is 5.28. The van der Waals surface area contributed by atoms with E-state index in [0.29, 0.717) is 12.1 Å². The van der Waals surface area contributed by atoms with Crippen molar-refractivity contribution in [3.05, 3.63) is 35.9 Å². The molecule has 0 radical (unpaired) electrons. The van der Waals surface area contributed by atoms with Crippen LogP contribution in [0.4, 0.5) is 0 Å². The van der Waals surface area contributed by atoms with E-state index in [1.807, 2.05) is 6.07 Å². The van der Waals surface area contributed by atoms with E-state index in [1.165, 1.54) is 16.1 Å². The van der Waals surface area contributed by atoms with Crippen LogP contribution >= 0.6 is 0 Å². The van der Waals surface area contributed by atoms with Crippen LogP contribution in [0.15, 0.2) is 30.3 Å². The number of carboxylic acids is 1. The summed E-state index contributed by atoms with van der Waals surface area (Å²) in [4.78, 5) is 24.9. The molecule has 3 rings (SSSR count). The standard InChI is InChI=1S/C16H20N2O5S/c1-12(19)17-7-14-8-18(11-16(14,10-17)15(20)21)24(22,23)9-13-5-3-2-4-6-13/h2-6,14H,7-11H2,1H3,(H,20,21)/t14-,16-/m0/s1. The Morgan fingerprint density at radius 2 is 1.88 bits per heavy atom. The van der Waals surface area contributed by atoms with Crippen LogP contribution in [0.1, 0.15) is 12.5 Å². The Morgan fingerprint density at radius 1 is 1.21 bits per heavy atom. The molecular formula is C16H20N2O5S. The van der Waals surface area contributed by atoms with E-state index in [0.717, 1.165) is 0 Å². The number of benzene rings is 1. The first-order chi connectivity index (χ1) is 11.2. The SMILES string of the molecule is CC(=O)N1C[C@H]2CN(S(=O)(=O)Cc3ccccc3)C[C@@]2(C(=O)O)C1. The van der Waals surface area contributed by atoms with Gasteiger partial charge in [-0.3, -0.25) is 9.59 Å². The third-order valence-electron chi connectivity index (χ3n) is 5.03. The lowest BCUT2D eigenvalue weighted by Crippen LogP contribution is -2.42. The highest BCUT2D eigenvalue weighted by Gasteiger charge is 2.60. The summed E-state index contributed by atoms with van der Waals surface area (Å²) in [5, 5.41) is 9.69. The lowest BCUT2D eigenvalue weighted by molar-refractivity contribution is -0.148. The summed E-state index contributed by atoms with van der Waals surface area (Å²) in [5.41, 5.74) is -0.528. The molecule has 0 saturated carbocycles. The normalized spacial score (nSPS) is 27.2. The lowest BCUT2D eigenvalue weighted by atomic mass is 9.81. The molecular weight excluding hydrogens is 332 g/mol. The molecule has 0 aliphatic carbocycles.